The smallest absolute Gasteiger partial charge is 0.355 e. The number of amides is 2. The number of ether oxygens (including phenoxy) is 2. The van der Waals surface area contributed by atoms with Crippen LogP contribution in [-0.4, -0.2) is 68.9 Å². The van der Waals surface area contributed by atoms with E-state index in [9.17, 15) is 14.4 Å². The van der Waals surface area contributed by atoms with Crippen LogP contribution in [0.1, 0.15) is 68.5 Å². The van der Waals surface area contributed by atoms with Gasteiger partial charge in [0.1, 0.15) is 28.1 Å². The molecular weight excluding hydrogens is 1070 g/mol. The summed E-state index contributed by atoms with van der Waals surface area (Å²) >= 11 is 9.26. The Morgan fingerprint density at radius 2 is 1.04 bits per heavy atom. The highest BCUT2D eigenvalue weighted by Gasteiger charge is 2.58. The second kappa shape index (κ2) is 24.7. The molecule has 2 fully saturated rings. The third-order valence-corrected chi connectivity index (χ3v) is 17.3. The third-order valence-electron chi connectivity index (χ3n) is 14.4. The van der Waals surface area contributed by atoms with E-state index in [1.165, 1.54) is 23.1 Å². The van der Waals surface area contributed by atoms with E-state index in [1.807, 2.05) is 218 Å². The number of β-lactam (4-membered cyclic amide) rings is 1. The molecule has 4 atom stereocenters. The zero-order valence-electron chi connectivity index (χ0n) is 43.6. The average Bonchev–Trinajstić information content (AvgIpc) is 4.03. The van der Waals surface area contributed by atoms with Gasteiger partial charge in [-0.25, -0.2) is 9.78 Å². The van der Waals surface area contributed by atoms with Gasteiger partial charge in [0.2, 0.25) is 12.0 Å². The van der Waals surface area contributed by atoms with Crippen molar-refractivity contribution in [3.05, 3.63) is 298 Å². The summed E-state index contributed by atoms with van der Waals surface area (Å²) in [5.74, 6) is -2.44. The lowest BCUT2D eigenvalue weighted by atomic mass is 9.77. The minimum atomic E-state index is -1.47. The predicted octanol–water partition coefficient (Wildman–Crippen LogP) is 12.3. The van der Waals surface area contributed by atoms with Gasteiger partial charge in [0.25, 0.3) is 5.91 Å². The summed E-state index contributed by atoms with van der Waals surface area (Å²) in [6, 6.07) is 75.5. The number of hydrogen-bond donors (Lipinski definition) is 2. The van der Waals surface area contributed by atoms with E-state index in [-0.39, 0.29) is 29.6 Å². The standard InChI is InChI=1S/C66H54ClN5O7S2/c67-42-65(63(76)78-57(47-29-13-3-14-30-47)48-31-15-4-16-32-48)43-72-60(74)55(61(72)81-44-65)69-59(73)54(71-79-58(49-33-17-5-18-34-49)62(75)77-56(45-25-9-1-10-26-45)46-27-11-2-12-28-46)53-41-80-64(68-53)70-66(50-35-19-6-20-36-50,51-37-21-7-22-38-51)52-39-23-8-24-40-52/h1-41,55-58,61H,42-44H2,(H,68,70)(H,69,73)/t55?,58?,61-,65?/m1/s1. The highest BCUT2D eigenvalue weighted by molar-refractivity contribution is 8.00. The summed E-state index contributed by atoms with van der Waals surface area (Å²) in [6.45, 7) is -0.0283. The fourth-order valence-corrected chi connectivity index (χ4v) is 12.9. The molecular formula is C66H54ClN5O7S2. The summed E-state index contributed by atoms with van der Waals surface area (Å²) in [4.78, 5) is 71.5. The van der Waals surface area contributed by atoms with Crippen LogP contribution >= 0.6 is 34.7 Å². The van der Waals surface area contributed by atoms with Gasteiger partial charge in [-0.2, -0.15) is 0 Å². The maximum absolute atomic E-state index is 15.1. The van der Waals surface area contributed by atoms with Crippen molar-refractivity contribution < 1.29 is 33.5 Å². The average molecular weight is 1130 g/mol. The number of rotatable bonds is 20. The number of aromatic nitrogens is 1. The molecule has 2 saturated heterocycles. The summed E-state index contributed by atoms with van der Waals surface area (Å²) in [5, 5.41) is 12.8. The lowest BCUT2D eigenvalue weighted by Crippen LogP contribution is -2.74. The molecule has 0 radical (unpaired) electrons. The van der Waals surface area contributed by atoms with Crippen molar-refractivity contribution in [2.45, 2.75) is 35.3 Å². The van der Waals surface area contributed by atoms with E-state index in [4.69, 9.17) is 30.9 Å². The van der Waals surface area contributed by atoms with Gasteiger partial charge in [0, 0.05) is 29.1 Å². The monoisotopic (exact) mass is 1130 g/mol. The van der Waals surface area contributed by atoms with Gasteiger partial charge in [0.15, 0.2) is 23.1 Å². The molecule has 81 heavy (non-hydrogen) atoms. The lowest BCUT2D eigenvalue weighted by molar-refractivity contribution is -0.164. The first kappa shape index (κ1) is 54.2. The molecule has 3 heterocycles. The first-order valence-corrected chi connectivity index (χ1v) is 28.8. The molecule has 2 N–H and O–H groups in total. The highest BCUT2D eigenvalue weighted by atomic mass is 35.5. The minimum absolute atomic E-state index is 0.0283. The van der Waals surface area contributed by atoms with Crippen LogP contribution < -0.4 is 10.6 Å². The van der Waals surface area contributed by atoms with Gasteiger partial charge in [-0.15, -0.1) is 34.7 Å². The second-order valence-corrected chi connectivity index (χ2v) is 21.9. The number of carbonyl (C=O) groups excluding carboxylic acids is 4. The van der Waals surface area contributed by atoms with Crippen molar-refractivity contribution in [1.82, 2.24) is 15.2 Å². The molecule has 9 aromatic rings. The number of alkyl halides is 1. The van der Waals surface area contributed by atoms with Gasteiger partial charge < -0.3 is 29.8 Å². The molecule has 2 aliphatic rings. The van der Waals surface area contributed by atoms with Crippen LogP contribution in [0.3, 0.4) is 0 Å². The van der Waals surface area contributed by atoms with Crippen molar-refractivity contribution in [3.8, 4) is 0 Å². The fraction of sp³-hybridized carbons (Fsp3) is 0.152. The van der Waals surface area contributed by atoms with E-state index in [1.54, 1.807) is 34.5 Å². The fourth-order valence-electron chi connectivity index (χ4n) is 10.2. The number of esters is 2. The van der Waals surface area contributed by atoms with Gasteiger partial charge >= 0.3 is 11.9 Å². The topological polar surface area (TPSA) is 149 Å². The van der Waals surface area contributed by atoms with Crippen molar-refractivity contribution in [2.24, 2.45) is 10.6 Å². The van der Waals surface area contributed by atoms with Crippen molar-refractivity contribution in [1.29, 1.82) is 0 Å². The highest BCUT2D eigenvalue weighted by Crippen LogP contribution is 2.45. The first-order valence-electron chi connectivity index (χ1n) is 26.3. The van der Waals surface area contributed by atoms with Crippen LogP contribution in [0.25, 0.3) is 0 Å². The van der Waals surface area contributed by atoms with Gasteiger partial charge in [-0.05, 0) is 38.9 Å². The van der Waals surface area contributed by atoms with Crippen LogP contribution in [0.5, 0.6) is 0 Å². The van der Waals surface area contributed by atoms with Crippen LogP contribution in [0, 0.1) is 5.41 Å². The van der Waals surface area contributed by atoms with Crippen molar-refractivity contribution in [2.75, 3.05) is 23.5 Å². The zero-order valence-corrected chi connectivity index (χ0v) is 46.0. The Kier molecular flexibility index (Phi) is 16.5. The SMILES string of the molecule is O=C(NC1C(=O)N2CC(CCl)(C(=O)OC(c3ccccc3)c3ccccc3)CS[C@H]12)C(=NOC(C(=O)OC(c1ccccc1)c1ccccc1)c1ccccc1)c1csc(NC(c2ccccc2)(c2ccccc2)c2ccccc2)n1. The Labute approximate surface area is 482 Å². The van der Waals surface area contributed by atoms with Gasteiger partial charge in [0.05, 0.1) is 0 Å². The maximum atomic E-state index is 15.1. The predicted molar refractivity (Wildman–Crippen MR) is 316 cm³/mol. The molecule has 2 aliphatic heterocycles. The number of anilines is 1. The largest absolute Gasteiger partial charge is 0.452 e. The molecule has 2 amide bonds. The van der Waals surface area contributed by atoms with E-state index < -0.39 is 64.4 Å². The molecule has 8 aromatic carbocycles. The van der Waals surface area contributed by atoms with Crippen LogP contribution in [0.4, 0.5) is 5.13 Å². The second-order valence-electron chi connectivity index (χ2n) is 19.6. The quantitative estimate of drug-likeness (QED) is 0.0189. The lowest BCUT2D eigenvalue weighted by Gasteiger charge is -2.53. The van der Waals surface area contributed by atoms with E-state index in [0.29, 0.717) is 10.7 Å². The Morgan fingerprint density at radius 3 is 1.48 bits per heavy atom. The number of oxime groups is 1. The molecule has 404 valence electrons. The molecule has 3 unspecified atom stereocenters. The van der Waals surface area contributed by atoms with Crippen molar-refractivity contribution in [3.63, 3.8) is 0 Å². The van der Waals surface area contributed by atoms with Gasteiger partial charge in [-0.3, -0.25) is 14.4 Å². The molecule has 0 spiro atoms. The summed E-state index contributed by atoms with van der Waals surface area (Å²) in [5.41, 5.74) is 3.81. The third kappa shape index (κ3) is 11.5. The minimum Gasteiger partial charge on any atom is -0.452 e. The molecule has 12 nitrogen and oxygen atoms in total. The summed E-state index contributed by atoms with van der Waals surface area (Å²) < 4.78 is 12.7. The van der Waals surface area contributed by atoms with Crippen molar-refractivity contribution >= 4 is 69.3 Å². The molecule has 11 rings (SSSR count). The number of halogens is 1. The molecule has 15 heteroatoms. The van der Waals surface area contributed by atoms with E-state index in [2.05, 4.69) is 15.8 Å². The summed E-state index contributed by atoms with van der Waals surface area (Å²) in [7, 11) is 0. The maximum Gasteiger partial charge on any atom is 0.355 e. The Morgan fingerprint density at radius 1 is 0.617 bits per heavy atom. The number of thiazole rings is 1. The Hall–Kier alpha value is -8.82. The number of nitrogens with one attached hydrogen (secondary N) is 2. The van der Waals surface area contributed by atoms with E-state index >= 15 is 4.79 Å². The van der Waals surface area contributed by atoms with Crippen LogP contribution in [0.15, 0.2) is 253 Å². The zero-order chi connectivity index (χ0) is 55.6. The number of benzene rings is 8. The van der Waals surface area contributed by atoms with Gasteiger partial charge in [-0.1, -0.05) is 248 Å². The number of carbonyl (C=O) groups is 4. The number of thioether (sulfide) groups is 1. The number of hydrogen-bond acceptors (Lipinski definition) is 12. The van der Waals surface area contributed by atoms with E-state index in [0.717, 1.165) is 38.9 Å². The molecule has 1 aromatic heterocycles. The molecule has 0 saturated carbocycles. The number of nitrogens with zero attached hydrogens (tertiary/aromatic N) is 3. The first-order chi connectivity index (χ1) is 39.7. The Balaban J connectivity index is 0.915. The summed E-state index contributed by atoms with van der Waals surface area (Å²) in [6.07, 6.45) is -3.00. The Bertz CT molecular complexity index is 3440. The van der Waals surface area contributed by atoms with Crippen LogP contribution in [0.2, 0.25) is 0 Å². The molecule has 0 bridgehead atoms. The molecule has 0 aliphatic carbocycles. The normalized spacial score (nSPS) is 17.3. The van der Waals surface area contributed by atoms with Crippen LogP contribution in [-0.2, 0) is 39.0 Å². The number of fused-ring (bicyclic) bond motifs is 1.